The smallest absolute Gasteiger partial charge is 0.251 e. The second-order valence-electron chi connectivity index (χ2n) is 6.26. The first-order valence-electron chi connectivity index (χ1n) is 8.49. The van der Waals surface area contributed by atoms with Crippen molar-refractivity contribution in [2.45, 2.75) is 12.8 Å². The van der Waals surface area contributed by atoms with E-state index < -0.39 is 0 Å². The highest BCUT2D eigenvalue weighted by molar-refractivity contribution is 5.94. The van der Waals surface area contributed by atoms with E-state index in [1.807, 2.05) is 6.07 Å². The summed E-state index contributed by atoms with van der Waals surface area (Å²) in [5.74, 6) is 2.49. The van der Waals surface area contributed by atoms with E-state index in [1.54, 1.807) is 30.6 Å². The molecule has 0 saturated carbocycles. The van der Waals surface area contributed by atoms with Gasteiger partial charge in [-0.1, -0.05) is 0 Å². The Morgan fingerprint density at radius 3 is 2.72 bits per heavy atom. The van der Waals surface area contributed by atoms with Gasteiger partial charge in [0.05, 0.1) is 0 Å². The Kier molecular flexibility index (Phi) is 4.37. The molecular formula is C18H20N4O3. The number of benzene rings is 1. The molecule has 2 aliphatic heterocycles. The molecule has 0 unspecified atom stereocenters. The van der Waals surface area contributed by atoms with Crippen LogP contribution >= 0.6 is 0 Å². The second kappa shape index (κ2) is 6.96. The first kappa shape index (κ1) is 15.7. The summed E-state index contributed by atoms with van der Waals surface area (Å²) in [5, 5.41) is 3.03. The molecule has 1 amide bonds. The monoisotopic (exact) mass is 340 g/mol. The van der Waals surface area contributed by atoms with Gasteiger partial charge in [-0.25, -0.2) is 9.97 Å². The molecule has 0 spiro atoms. The Morgan fingerprint density at radius 1 is 1.16 bits per heavy atom. The van der Waals surface area contributed by atoms with Gasteiger partial charge >= 0.3 is 0 Å². The van der Waals surface area contributed by atoms with Gasteiger partial charge in [-0.15, -0.1) is 0 Å². The lowest BCUT2D eigenvalue weighted by atomic mass is 9.97. The number of hydrogen-bond acceptors (Lipinski definition) is 6. The number of fused-ring (bicyclic) bond motifs is 1. The maximum atomic E-state index is 12.3. The van der Waals surface area contributed by atoms with Crippen LogP contribution in [0.25, 0.3) is 0 Å². The quantitative estimate of drug-likeness (QED) is 0.915. The van der Waals surface area contributed by atoms with Crippen molar-refractivity contribution in [2.75, 3.05) is 31.3 Å². The number of nitrogens with zero attached hydrogens (tertiary/aromatic N) is 3. The zero-order valence-corrected chi connectivity index (χ0v) is 13.9. The standard InChI is InChI=1S/C18H20N4O3/c23-17(14-2-3-15-16(10-14)25-12-24-15)21-11-13-4-8-22(9-5-13)18-19-6-1-7-20-18/h1-3,6-7,10,13H,4-5,8-9,11-12H2,(H,21,23). The van der Waals surface area contributed by atoms with Crippen LogP contribution < -0.4 is 19.7 Å². The molecule has 4 rings (SSSR count). The van der Waals surface area contributed by atoms with Gasteiger partial charge in [0.1, 0.15) is 0 Å². The normalized spacial score (nSPS) is 16.7. The van der Waals surface area contributed by atoms with Crippen molar-refractivity contribution in [1.82, 2.24) is 15.3 Å². The lowest BCUT2D eigenvalue weighted by molar-refractivity contribution is 0.0944. The van der Waals surface area contributed by atoms with E-state index in [1.165, 1.54) is 0 Å². The molecule has 0 bridgehead atoms. The van der Waals surface area contributed by atoms with Gasteiger partial charge in [-0.3, -0.25) is 4.79 Å². The van der Waals surface area contributed by atoms with Gasteiger partial charge in [0.25, 0.3) is 5.91 Å². The van der Waals surface area contributed by atoms with Crippen LogP contribution in [0.5, 0.6) is 11.5 Å². The number of rotatable bonds is 4. The molecule has 1 aromatic heterocycles. The largest absolute Gasteiger partial charge is 0.454 e. The molecule has 3 heterocycles. The van der Waals surface area contributed by atoms with Gasteiger partial charge < -0.3 is 19.7 Å². The molecule has 2 aromatic rings. The molecule has 25 heavy (non-hydrogen) atoms. The molecule has 7 heteroatoms. The van der Waals surface area contributed by atoms with Gasteiger partial charge in [-0.05, 0) is 43.0 Å². The molecule has 0 radical (unpaired) electrons. The summed E-state index contributed by atoms with van der Waals surface area (Å²) in [7, 11) is 0. The predicted molar refractivity (Wildman–Crippen MR) is 91.9 cm³/mol. The number of anilines is 1. The van der Waals surface area contributed by atoms with Gasteiger partial charge in [0.15, 0.2) is 11.5 Å². The third kappa shape index (κ3) is 3.50. The Labute approximate surface area is 146 Å². The molecule has 130 valence electrons. The molecular weight excluding hydrogens is 320 g/mol. The highest BCUT2D eigenvalue weighted by Gasteiger charge is 2.22. The van der Waals surface area contributed by atoms with Crippen LogP contribution in [-0.4, -0.2) is 42.3 Å². The van der Waals surface area contributed by atoms with E-state index in [4.69, 9.17) is 9.47 Å². The summed E-state index contributed by atoms with van der Waals surface area (Å²) in [6.45, 7) is 2.71. The fourth-order valence-electron chi connectivity index (χ4n) is 3.17. The third-order valence-electron chi connectivity index (χ3n) is 4.64. The Bertz CT molecular complexity index is 745. The minimum Gasteiger partial charge on any atom is -0.454 e. The number of carbonyl (C=O) groups is 1. The molecule has 1 fully saturated rings. The summed E-state index contributed by atoms with van der Waals surface area (Å²) < 4.78 is 10.6. The van der Waals surface area contributed by atoms with E-state index in [0.29, 0.717) is 29.5 Å². The van der Waals surface area contributed by atoms with Gasteiger partial charge in [0, 0.05) is 37.6 Å². The van der Waals surface area contributed by atoms with Crippen LogP contribution in [0.2, 0.25) is 0 Å². The average molecular weight is 340 g/mol. The van der Waals surface area contributed by atoms with Gasteiger partial charge in [0.2, 0.25) is 12.7 Å². The molecule has 1 saturated heterocycles. The lowest BCUT2D eigenvalue weighted by Gasteiger charge is -2.31. The molecule has 0 aliphatic carbocycles. The first-order chi connectivity index (χ1) is 12.3. The van der Waals surface area contributed by atoms with Crippen LogP contribution in [-0.2, 0) is 0 Å². The minimum atomic E-state index is -0.0767. The lowest BCUT2D eigenvalue weighted by Crippen LogP contribution is -2.39. The van der Waals surface area contributed by atoms with Crippen LogP contribution in [0.3, 0.4) is 0 Å². The zero-order valence-electron chi connectivity index (χ0n) is 13.9. The number of amides is 1. The van der Waals surface area contributed by atoms with Crippen molar-refractivity contribution in [3.63, 3.8) is 0 Å². The van der Waals surface area contributed by atoms with Crippen molar-refractivity contribution in [1.29, 1.82) is 0 Å². The van der Waals surface area contributed by atoms with Crippen molar-refractivity contribution in [3.05, 3.63) is 42.2 Å². The van der Waals surface area contributed by atoms with Crippen molar-refractivity contribution >= 4 is 11.9 Å². The molecule has 1 N–H and O–H groups in total. The summed E-state index contributed by atoms with van der Waals surface area (Å²) >= 11 is 0. The van der Waals surface area contributed by atoms with Crippen molar-refractivity contribution < 1.29 is 14.3 Å². The Balaban J connectivity index is 1.27. The topological polar surface area (TPSA) is 76.6 Å². The number of hydrogen-bond donors (Lipinski definition) is 1. The summed E-state index contributed by atoms with van der Waals surface area (Å²) in [6.07, 6.45) is 5.55. The van der Waals surface area contributed by atoms with E-state index >= 15 is 0 Å². The molecule has 2 aliphatic rings. The van der Waals surface area contributed by atoms with E-state index in [0.717, 1.165) is 31.9 Å². The Hall–Kier alpha value is -2.83. The summed E-state index contributed by atoms with van der Waals surface area (Å²) in [5.41, 5.74) is 0.597. The van der Waals surface area contributed by atoms with E-state index in [-0.39, 0.29) is 12.7 Å². The summed E-state index contributed by atoms with van der Waals surface area (Å²) in [4.78, 5) is 23.1. The third-order valence-corrected chi connectivity index (χ3v) is 4.64. The fourth-order valence-corrected chi connectivity index (χ4v) is 3.17. The van der Waals surface area contributed by atoms with Crippen molar-refractivity contribution in [2.24, 2.45) is 5.92 Å². The fraction of sp³-hybridized carbons (Fsp3) is 0.389. The molecule has 0 atom stereocenters. The van der Waals surface area contributed by atoms with Crippen LogP contribution in [0, 0.1) is 5.92 Å². The van der Waals surface area contributed by atoms with Crippen LogP contribution in [0.1, 0.15) is 23.2 Å². The van der Waals surface area contributed by atoms with Gasteiger partial charge in [-0.2, -0.15) is 0 Å². The molecule has 7 nitrogen and oxygen atoms in total. The van der Waals surface area contributed by atoms with Crippen LogP contribution in [0.4, 0.5) is 5.95 Å². The maximum Gasteiger partial charge on any atom is 0.251 e. The van der Waals surface area contributed by atoms with Crippen LogP contribution in [0.15, 0.2) is 36.7 Å². The summed E-state index contributed by atoms with van der Waals surface area (Å²) in [6, 6.07) is 7.09. The average Bonchev–Trinajstić information content (AvgIpc) is 3.15. The minimum absolute atomic E-state index is 0.0767. The second-order valence-corrected chi connectivity index (χ2v) is 6.26. The Morgan fingerprint density at radius 2 is 1.92 bits per heavy atom. The number of piperidine rings is 1. The number of ether oxygens (including phenoxy) is 2. The number of nitrogens with one attached hydrogen (secondary N) is 1. The predicted octanol–water partition coefficient (Wildman–Crippen LogP) is 1.85. The van der Waals surface area contributed by atoms with Crippen molar-refractivity contribution in [3.8, 4) is 11.5 Å². The first-order valence-corrected chi connectivity index (χ1v) is 8.49. The maximum absolute atomic E-state index is 12.3. The van der Waals surface area contributed by atoms with E-state index in [2.05, 4.69) is 20.2 Å². The highest BCUT2D eigenvalue weighted by atomic mass is 16.7. The number of aromatic nitrogens is 2. The SMILES string of the molecule is O=C(NCC1CCN(c2ncccn2)CC1)c1ccc2c(c1)OCO2. The molecule has 1 aromatic carbocycles. The highest BCUT2D eigenvalue weighted by Crippen LogP contribution is 2.32. The number of carbonyl (C=O) groups excluding carboxylic acids is 1. The zero-order chi connectivity index (χ0) is 17.1. The van der Waals surface area contributed by atoms with E-state index in [9.17, 15) is 4.79 Å².